The third-order valence-corrected chi connectivity index (χ3v) is 5.83. The van der Waals surface area contributed by atoms with Crippen LogP contribution < -0.4 is 5.32 Å². The fourth-order valence-electron chi connectivity index (χ4n) is 4.24. The maximum Gasteiger partial charge on any atom is 0.410 e. The van der Waals surface area contributed by atoms with E-state index in [0.717, 1.165) is 47.0 Å². The molecule has 1 atom stereocenters. The van der Waals surface area contributed by atoms with Gasteiger partial charge in [0, 0.05) is 44.1 Å². The van der Waals surface area contributed by atoms with Crippen LogP contribution in [0.5, 0.6) is 0 Å². The third-order valence-electron chi connectivity index (χ3n) is 5.83. The maximum absolute atomic E-state index is 12.5. The number of pyridine rings is 1. The molecule has 1 fully saturated rings. The number of anilines is 1. The first-order chi connectivity index (χ1) is 16.7. The number of nitrogens with one attached hydrogen (secondary N) is 1. The minimum atomic E-state index is -0.506. The van der Waals surface area contributed by atoms with Crippen molar-refractivity contribution in [2.75, 3.05) is 18.4 Å². The van der Waals surface area contributed by atoms with Crippen molar-refractivity contribution in [3.8, 4) is 22.6 Å². The van der Waals surface area contributed by atoms with Crippen LogP contribution in [0.25, 0.3) is 28.3 Å². The first-order valence-corrected chi connectivity index (χ1v) is 11.8. The average Bonchev–Trinajstić information content (AvgIpc) is 3.44. The van der Waals surface area contributed by atoms with Gasteiger partial charge in [-0.3, -0.25) is 14.1 Å². The number of carbonyl (C=O) groups excluding carboxylic acids is 1. The van der Waals surface area contributed by atoms with Crippen LogP contribution in [0, 0.1) is 0 Å². The number of aryl methyl sites for hydroxylation is 1. The van der Waals surface area contributed by atoms with E-state index in [1.54, 1.807) is 28.2 Å². The van der Waals surface area contributed by atoms with Gasteiger partial charge in [-0.2, -0.15) is 5.10 Å². The Morgan fingerprint density at radius 2 is 1.97 bits per heavy atom. The van der Waals surface area contributed by atoms with Crippen LogP contribution in [-0.4, -0.2) is 64.9 Å². The zero-order valence-corrected chi connectivity index (χ0v) is 20.5. The first-order valence-electron chi connectivity index (χ1n) is 11.8. The van der Waals surface area contributed by atoms with Crippen LogP contribution in [0.3, 0.4) is 0 Å². The van der Waals surface area contributed by atoms with Crippen LogP contribution in [-0.2, 0) is 11.8 Å². The fraction of sp³-hybridized carbons (Fsp3) is 0.400. The van der Waals surface area contributed by atoms with Crippen molar-refractivity contribution in [2.24, 2.45) is 7.05 Å². The molecule has 1 aliphatic heterocycles. The van der Waals surface area contributed by atoms with E-state index in [9.17, 15) is 4.79 Å². The number of imidazole rings is 1. The van der Waals surface area contributed by atoms with Crippen LogP contribution in [0.15, 0.2) is 49.2 Å². The summed E-state index contributed by atoms with van der Waals surface area (Å²) >= 11 is 0. The number of likely N-dealkylation sites (tertiary alicyclic amines) is 1. The molecule has 0 saturated carbocycles. The van der Waals surface area contributed by atoms with E-state index in [1.165, 1.54) is 0 Å². The van der Waals surface area contributed by atoms with E-state index in [-0.39, 0.29) is 12.1 Å². The molecule has 1 saturated heterocycles. The van der Waals surface area contributed by atoms with Gasteiger partial charge in [-0.1, -0.05) is 6.07 Å². The molecule has 4 aromatic heterocycles. The van der Waals surface area contributed by atoms with E-state index >= 15 is 0 Å². The molecule has 0 spiro atoms. The Morgan fingerprint density at radius 3 is 2.74 bits per heavy atom. The zero-order valence-electron chi connectivity index (χ0n) is 20.5. The van der Waals surface area contributed by atoms with Crippen LogP contribution in [0.1, 0.15) is 33.6 Å². The van der Waals surface area contributed by atoms with Crippen LogP contribution >= 0.6 is 0 Å². The second-order valence-corrected chi connectivity index (χ2v) is 9.86. The molecule has 35 heavy (non-hydrogen) atoms. The van der Waals surface area contributed by atoms with Gasteiger partial charge in [0.1, 0.15) is 11.4 Å². The zero-order chi connectivity index (χ0) is 24.6. The molecule has 0 aliphatic carbocycles. The summed E-state index contributed by atoms with van der Waals surface area (Å²) in [6, 6.07) is 5.98. The summed E-state index contributed by atoms with van der Waals surface area (Å²) in [7, 11) is 1.88. The Balaban J connectivity index is 1.35. The van der Waals surface area contributed by atoms with Crippen molar-refractivity contribution in [1.82, 2.24) is 34.0 Å². The Hall–Kier alpha value is -3.95. The topological polar surface area (TPSA) is 102 Å². The second-order valence-electron chi connectivity index (χ2n) is 9.86. The molecule has 5 rings (SSSR count). The first kappa shape index (κ1) is 22.8. The lowest BCUT2D eigenvalue weighted by Crippen LogP contribution is -2.47. The molecule has 182 valence electrons. The highest BCUT2D eigenvalue weighted by molar-refractivity contribution is 5.68. The highest BCUT2D eigenvalue weighted by atomic mass is 16.6. The van der Waals surface area contributed by atoms with E-state index in [0.29, 0.717) is 13.1 Å². The molecule has 4 aromatic rings. The molecular formula is C25H30N8O2. The SMILES string of the molecule is Cn1cc(-c2cn3c(-c4cccc(N[C@@H]5CCCN(C(=O)OC(C)(C)C)C5)n4)cnc3cn2)cn1. The van der Waals surface area contributed by atoms with E-state index < -0.39 is 5.60 Å². The Morgan fingerprint density at radius 1 is 1.11 bits per heavy atom. The number of aromatic nitrogens is 6. The molecular weight excluding hydrogens is 444 g/mol. The summed E-state index contributed by atoms with van der Waals surface area (Å²) in [6.45, 7) is 6.94. The van der Waals surface area contributed by atoms with Crippen LogP contribution in [0.2, 0.25) is 0 Å². The normalized spacial score (nSPS) is 16.5. The third kappa shape index (κ3) is 5.11. The highest BCUT2D eigenvalue weighted by Crippen LogP contribution is 2.24. The molecule has 0 unspecified atom stereocenters. The second kappa shape index (κ2) is 9.01. The Kier molecular flexibility index (Phi) is 5.88. The lowest BCUT2D eigenvalue weighted by atomic mass is 10.1. The molecule has 0 aromatic carbocycles. The Labute approximate surface area is 204 Å². The lowest BCUT2D eigenvalue weighted by molar-refractivity contribution is 0.0206. The number of ether oxygens (including phenoxy) is 1. The number of rotatable bonds is 4. The van der Waals surface area contributed by atoms with Crippen molar-refractivity contribution < 1.29 is 9.53 Å². The minimum absolute atomic E-state index is 0.0996. The molecule has 10 nitrogen and oxygen atoms in total. The number of piperidine rings is 1. The fourth-order valence-corrected chi connectivity index (χ4v) is 4.24. The molecule has 5 heterocycles. The summed E-state index contributed by atoms with van der Waals surface area (Å²) < 4.78 is 9.30. The monoisotopic (exact) mass is 474 g/mol. The van der Waals surface area contributed by atoms with Gasteiger partial charge >= 0.3 is 6.09 Å². The van der Waals surface area contributed by atoms with E-state index in [1.807, 2.05) is 62.8 Å². The molecule has 1 amide bonds. The number of nitrogens with zero attached hydrogens (tertiary/aromatic N) is 7. The molecule has 1 N–H and O–H groups in total. The number of carbonyl (C=O) groups is 1. The summed E-state index contributed by atoms with van der Waals surface area (Å²) in [5.74, 6) is 0.759. The van der Waals surface area contributed by atoms with E-state index in [4.69, 9.17) is 9.72 Å². The van der Waals surface area contributed by atoms with Gasteiger partial charge in [0.25, 0.3) is 0 Å². The van der Waals surface area contributed by atoms with Gasteiger partial charge in [-0.15, -0.1) is 0 Å². The standard InChI is InChI=1S/C25H30N8O2/c1-25(2,3)35-24(34)32-10-6-7-18(15-32)29-22-9-5-8-19(30-22)21-12-27-23-13-26-20(16-33(21)23)17-11-28-31(4)14-17/h5,8-9,11-14,16,18H,6-7,10,15H2,1-4H3,(H,29,30)/t18-/m1/s1. The average molecular weight is 475 g/mol. The summed E-state index contributed by atoms with van der Waals surface area (Å²) in [4.78, 5) is 28.2. The molecule has 0 bridgehead atoms. The van der Waals surface area contributed by atoms with Crippen molar-refractivity contribution in [1.29, 1.82) is 0 Å². The number of amides is 1. The molecule has 10 heteroatoms. The van der Waals surface area contributed by atoms with Gasteiger partial charge in [-0.05, 0) is 45.7 Å². The van der Waals surface area contributed by atoms with Gasteiger partial charge in [-0.25, -0.2) is 14.8 Å². The number of fused-ring (bicyclic) bond motifs is 1. The van der Waals surface area contributed by atoms with Gasteiger partial charge in [0.05, 0.1) is 35.7 Å². The van der Waals surface area contributed by atoms with Crippen molar-refractivity contribution >= 4 is 17.6 Å². The summed E-state index contributed by atoms with van der Waals surface area (Å²) in [5, 5.41) is 7.75. The minimum Gasteiger partial charge on any atom is -0.444 e. The molecule has 1 aliphatic rings. The van der Waals surface area contributed by atoms with Gasteiger partial charge in [0.15, 0.2) is 5.65 Å². The van der Waals surface area contributed by atoms with Crippen molar-refractivity contribution in [3.63, 3.8) is 0 Å². The largest absolute Gasteiger partial charge is 0.444 e. The van der Waals surface area contributed by atoms with Crippen molar-refractivity contribution in [2.45, 2.75) is 45.3 Å². The number of hydrogen-bond donors (Lipinski definition) is 1. The number of hydrogen-bond acceptors (Lipinski definition) is 7. The maximum atomic E-state index is 12.5. The van der Waals surface area contributed by atoms with Crippen LogP contribution in [0.4, 0.5) is 10.6 Å². The predicted octanol–water partition coefficient (Wildman–Crippen LogP) is 4.00. The van der Waals surface area contributed by atoms with E-state index in [2.05, 4.69) is 20.4 Å². The van der Waals surface area contributed by atoms with Crippen molar-refractivity contribution in [3.05, 3.63) is 49.2 Å². The molecule has 0 radical (unpaired) electrons. The van der Waals surface area contributed by atoms with Gasteiger partial charge in [0.2, 0.25) is 0 Å². The summed E-state index contributed by atoms with van der Waals surface area (Å²) in [5.41, 5.74) is 3.65. The van der Waals surface area contributed by atoms with Gasteiger partial charge < -0.3 is 15.0 Å². The predicted molar refractivity (Wildman–Crippen MR) is 133 cm³/mol. The Bertz CT molecular complexity index is 1350. The summed E-state index contributed by atoms with van der Waals surface area (Å²) in [6.07, 6.45) is 10.8. The smallest absolute Gasteiger partial charge is 0.410 e. The quantitative estimate of drug-likeness (QED) is 0.477. The lowest BCUT2D eigenvalue weighted by Gasteiger charge is -2.34. The highest BCUT2D eigenvalue weighted by Gasteiger charge is 2.27.